The van der Waals surface area contributed by atoms with Crippen molar-refractivity contribution in [2.45, 2.75) is 13.2 Å². The van der Waals surface area contributed by atoms with E-state index in [0.717, 1.165) is 3.57 Å². The summed E-state index contributed by atoms with van der Waals surface area (Å²) in [6.45, 7) is 2.48. The number of ether oxygens (including phenoxy) is 4. The van der Waals surface area contributed by atoms with Gasteiger partial charge in [-0.05, 0) is 47.7 Å². The van der Waals surface area contributed by atoms with Gasteiger partial charge in [0.25, 0.3) is 0 Å². The number of halogens is 1. The highest BCUT2D eigenvalue weighted by atomic mass is 127. The Bertz CT molecular complexity index is 421. The van der Waals surface area contributed by atoms with Gasteiger partial charge in [0.05, 0.1) is 6.61 Å². The molecule has 1 aromatic carbocycles. The van der Waals surface area contributed by atoms with Gasteiger partial charge in [-0.3, -0.25) is 0 Å². The summed E-state index contributed by atoms with van der Waals surface area (Å²) in [4.78, 5) is 12.0. The van der Waals surface area contributed by atoms with Crippen molar-refractivity contribution >= 4 is 28.6 Å². The molecule has 0 N–H and O–H groups in total. The van der Waals surface area contributed by atoms with Gasteiger partial charge in [-0.25, -0.2) is 4.79 Å². The number of carbonyl (C=O) groups excluding carboxylic acids is 1. The minimum Gasteiger partial charge on any atom is -0.490 e. The van der Waals surface area contributed by atoms with Crippen LogP contribution in [0.1, 0.15) is 17.3 Å². The molecule has 1 atom stereocenters. The molecule has 0 saturated carbocycles. The molecule has 0 aromatic heterocycles. The van der Waals surface area contributed by atoms with Crippen LogP contribution in [0.25, 0.3) is 0 Å². The predicted molar refractivity (Wildman–Crippen MR) is 78.4 cm³/mol. The van der Waals surface area contributed by atoms with E-state index in [0.29, 0.717) is 24.5 Å². The van der Waals surface area contributed by atoms with Crippen LogP contribution in [0.5, 0.6) is 5.75 Å². The van der Waals surface area contributed by atoms with Gasteiger partial charge in [-0.2, -0.15) is 0 Å². The highest BCUT2D eigenvalue weighted by Gasteiger charge is 2.17. The van der Waals surface area contributed by atoms with Gasteiger partial charge in [0, 0.05) is 17.8 Å². The monoisotopic (exact) mass is 380 g/mol. The Hall–Kier alpha value is -0.860. The van der Waals surface area contributed by atoms with E-state index >= 15 is 0 Å². The molecule has 1 aromatic rings. The second-order valence-electron chi connectivity index (χ2n) is 3.69. The zero-order valence-electron chi connectivity index (χ0n) is 11.1. The van der Waals surface area contributed by atoms with E-state index in [4.69, 9.17) is 18.9 Å². The zero-order valence-corrected chi connectivity index (χ0v) is 13.3. The van der Waals surface area contributed by atoms with E-state index in [-0.39, 0.29) is 0 Å². The van der Waals surface area contributed by atoms with Crippen LogP contribution in [0.4, 0.5) is 0 Å². The van der Waals surface area contributed by atoms with Crippen molar-refractivity contribution in [3.05, 3.63) is 27.3 Å². The SMILES string of the molecule is COCCOc1ccc(I)cc1C(=O)OC(C)OC. The minimum absolute atomic E-state index is 0.372. The van der Waals surface area contributed by atoms with E-state index in [1.54, 1.807) is 26.2 Å². The molecular weight excluding hydrogens is 363 g/mol. The van der Waals surface area contributed by atoms with Crippen molar-refractivity contribution in [3.8, 4) is 5.75 Å². The van der Waals surface area contributed by atoms with Crippen LogP contribution in [0.3, 0.4) is 0 Å². The molecule has 0 radical (unpaired) electrons. The van der Waals surface area contributed by atoms with Gasteiger partial charge < -0.3 is 18.9 Å². The largest absolute Gasteiger partial charge is 0.490 e. The van der Waals surface area contributed by atoms with Crippen LogP contribution in [-0.4, -0.2) is 39.7 Å². The van der Waals surface area contributed by atoms with Crippen molar-refractivity contribution in [2.24, 2.45) is 0 Å². The van der Waals surface area contributed by atoms with Crippen molar-refractivity contribution in [2.75, 3.05) is 27.4 Å². The summed E-state index contributed by atoms with van der Waals surface area (Å²) in [5, 5.41) is 0. The normalized spacial score (nSPS) is 12.0. The van der Waals surface area contributed by atoms with Crippen molar-refractivity contribution in [3.63, 3.8) is 0 Å². The van der Waals surface area contributed by atoms with Crippen molar-refractivity contribution < 1.29 is 23.7 Å². The first-order valence-corrected chi connectivity index (χ1v) is 6.81. The molecule has 0 aliphatic carbocycles. The molecule has 0 bridgehead atoms. The lowest BCUT2D eigenvalue weighted by Gasteiger charge is -2.14. The van der Waals surface area contributed by atoms with Crippen LogP contribution in [-0.2, 0) is 14.2 Å². The first-order chi connectivity index (χ1) is 9.08. The Morgan fingerprint density at radius 3 is 2.68 bits per heavy atom. The quantitative estimate of drug-likeness (QED) is 0.315. The average molecular weight is 380 g/mol. The summed E-state index contributed by atoms with van der Waals surface area (Å²) < 4.78 is 21.3. The molecule has 0 aliphatic heterocycles. The van der Waals surface area contributed by atoms with Crippen LogP contribution in [0.2, 0.25) is 0 Å². The lowest BCUT2D eigenvalue weighted by molar-refractivity contribution is -0.0774. The molecule has 1 unspecified atom stereocenters. The van der Waals surface area contributed by atoms with Crippen molar-refractivity contribution in [1.82, 2.24) is 0 Å². The lowest BCUT2D eigenvalue weighted by atomic mass is 10.2. The van der Waals surface area contributed by atoms with Gasteiger partial charge in [0.2, 0.25) is 0 Å². The molecule has 0 aliphatic rings. The Kier molecular flexibility index (Phi) is 7.11. The molecular formula is C13H17IO5. The fourth-order valence-electron chi connectivity index (χ4n) is 1.28. The highest BCUT2D eigenvalue weighted by Crippen LogP contribution is 2.22. The van der Waals surface area contributed by atoms with Crippen molar-refractivity contribution in [1.29, 1.82) is 0 Å². The summed E-state index contributed by atoms with van der Waals surface area (Å²) >= 11 is 2.12. The molecule has 0 heterocycles. The second-order valence-corrected chi connectivity index (χ2v) is 4.94. The summed E-state index contributed by atoms with van der Waals surface area (Å²) in [6.07, 6.45) is -0.600. The summed E-state index contributed by atoms with van der Waals surface area (Å²) in [5.74, 6) is 0.00560. The molecule has 1 rings (SSSR count). The number of carbonyl (C=O) groups is 1. The van der Waals surface area contributed by atoms with Crippen LogP contribution < -0.4 is 4.74 Å². The van der Waals surface area contributed by atoms with E-state index < -0.39 is 12.3 Å². The maximum Gasteiger partial charge on any atom is 0.344 e. The number of hydrogen-bond acceptors (Lipinski definition) is 5. The predicted octanol–water partition coefficient (Wildman–Crippen LogP) is 2.47. The average Bonchev–Trinajstić information content (AvgIpc) is 2.40. The first kappa shape index (κ1) is 16.2. The third-order valence-corrected chi connectivity index (χ3v) is 2.98. The highest BCUT2D eigenvalue weighted by molar-refractivity contribution is 14.1. The summed E-state index contributed by atoms with van der Waals surface area (Å²) in [7, 11) is 3.06. The Morgan fingerprint density at radius 2 is 2.05 bits per heavy atom. The van der Waals surface area contributed by atoms with E-state index in [1.807, 2.05) is 6.07 Å². The minimum atomic E-state index is -0.600. The maximum atomic E-state index is 12.0. The third kappa shape index (κ3) is 5.33. The van der Waals surface area contributed by atoms with Crippen LogP contribution >= 0.6 is 22.6 Å². The Morgan fingerprint density at radius 1 is 1.32 bits per heavy atom. The molecule has 5 nitrogen and oxygen atoms in total. The van der Waals surface area contributed by atoms with E-state index in [1.165, 1.54) is 7.11 Å². The standard InChI is InChI=1S/C13H17IO5/c1-9(17-3)19-13(15)11-8-10(14)4-5-12(11)18-7-6-16-2/h4-5,8-9H,6-7H2,1-3H3. The van der Waals surface area contributed by atoms with Crippen LogP contribution in [0, 0.1) is 3.57 Å². The Labute approximate surface area is 126 Å². The molecule has 0 fully saturated rings. The van der Waals surface area contributed by atoms with Gasteiger partial charge in [-0.15, -0.1) is 0 Å². The molecule has 0 spiro atoms. The number of hydrogen-bond donors (Lipinski definition) is 0. The summed E-state index contributed by atoms with van der Waals surface area (Å²) in [6, 6.07) is 5.32. The lowest BCUT2D eigenvalue weighted by Crippen LogP contribution is -2.18. The zero-order chi connectivity index (χ0) is 14.3. The van der Waals surface area contributed by atoms with E-state index in [9.17, 15) is 4.79 Å². The summed E-state index contributed by atoms with van der Waals surface area (Å²) in [5.41, 5.74) is 0.381. The van der Waals surface area contributed by atoms with Crippen LogP contribution in [0.15, 0.2) is 18.2 Å². The molecule has 106 valence electrons. The van der Waals surface area contributed by atoms with Gasteiger partial charge >= 0.3 is 5.97 Å². The molecule has 0 saturated heterocycles. The third-order valence-electron chi connectivity index (χ3n) is 2.31. The molecule has 19 heavy (non-hydrogen) atoms. The maximum absolute atomic E-state index is 12.0. The van der Waals surface area contributed by atoms with Gasteiger partial charge in [0.1, 0.15) is 17.9 Å². The van der Waals surface area contributed by atoms with E-state index in [2.05, 4.69) is 22.6 Å². The second kappa shape index (κ2) is 8.34. The fourth-order valence-corrected chi connectivity index (χ4v) is 1.78. The first-order valence-electron chi connectivity index (χ1n) is 5.73. The number of esters is 1. The molecule has 0 amide bonds. The topological polar surface area (TPSA) is 54.0 Å². The van der Waals surface area contributed by atoms with Gasteiger partial charge in [0.15, 0.2) is 6.29 Å². The molecule has 6 heteroatoms. The fraction of sp³-hybridized carbons (Fsp3) is 0.462. The Balaban J connectivity index is 2.83. The number of rotatable bonds is 7. The smallest absolute Gasteiger partial charge is 0.344 e. The number of methoxy groups -OCH3 is 2. The van der Waals surface area contributed by atoms with Gasteiger partial charge in [-0.1, -0.05) is 0 Å². The number of benzene rings is 1.